The highest BCUT2D eigenvalue weighted by molar-refractivity contribution is 5.96. The summed E-state index contributed by atoms with van der Waals surface area (Å²) in [5.41, 5.74) is 4.72. The van der Waals surface area contributed by atoms with Crippen molar-refractivity contribution < 1.29 is 14.3 Å². The van der Waals surface area contributed by atoms with Crippen LogP contribution in [0.2, 0.25) is 0 Å². The molecule has 22 heavy (non-hydrogen) atoms. The van der Waals surface area contributed by atoms with Crippen molar-refractivity contribution >= 4 is 12.1 Å². The maximum Gasteiger partial charge on any atom is 0.271 e. The van der Waals surface area contributed by atoms with Crippen LogP contribution in [0.15, 0.2) is 47.6 Å². The van der Waals surface area contributed by atoms with Crippen LogP contribution in [0.3, 0.4) is 0 Å². The first-order valence-corrected chi connectivity index (χ1v) is 6.77. The Bertz CT molecular complexity index is 696. The van der Waals surface area contributed by atoms with Crippen molar-refractivity contribution in [3.05, 3.63) is 59.2 Å². The van der Waals surface area contributed by atoms with E-state index in [1.54, 1.807) is 26.4 Å². The maximum atomic E-state index is 12.1. The molecule has 5 heteroatoms. The Morgan fingerprint density at radius 3 is 2.55 bits per heavy atom. The second kappa shape index (κ2) is 7.26. The normalized spacial score (nSPS) is 10.5. The lowest BCUT2D eigenvalue weighted by Gasteiger charge is -2.09. The minimum atomic E-state index is -0.254. The smallest absolute Gasteiger partial charge is 0.271 e. The number of nitrogens with one attached hydrogen (secondary N) is 1. The number of amides is 1. The number of para-hydroxylation sites is 1. The van der Waals surface area contributed by atoms with Gasteiger partial charge in [-0.2, -0.15) is 5.10 Å². The monoisotopic (exact) mass is 298 g/mol. The Kier molecular flexibility index (Phi) is 5.14. The molecule has 0 heterocycles. The van der Waals surface area contributed by atoms with Crippen LogP contribution in [-0.4, -0.2) is 26.3 Å². The predicted octanol–water partition coefficient (Wildman–Crippen LogP) is 2.78. The van der Waals surface area contributed by atoms with Crippen molar-refractivity contribution in [2.45, 2.75) is 6.92 Å². The largest absolute Gasteiger partial charge is 0.493 e. The predicted molar refractivity (Wildman–Crippen MR) is 85.8 cm³/mol. The Morgan fingerprint density at radius 1 is 1.09 bits per heavy atom. The second-order valence-electron chi connectivity index (χ2n) is 4.60. The van der Waals surface area contributed by atoms with Gasteiger partial charge in [0, 0.05) is 11.1 Å². The van der Waals surface area contributed by atoms with Gasteiger partial charge in [0.25, 0.3) is 5.91 Å². The van der Waals surface area contributed by atoms with Gasteiger partial charge in [-0.25, -0.2) is 5.43 Å². The summed E-state index contributed by atoms with van der Waals surface area (Å²) in [6, 6.07) is 12.8. The van der Waals surface area contributed by atoms with E-state index in [-0.39, 0.29) is 5.91 Å². The summed E-state index contributed by atoms with van der Waals surface area (Å²) in [7, 11) is 3.12. The molecule has 2 aromatic rings. The fourth-order valence-corrected chi connectivity index (χ4v) is 2.06. The number of carbonyl (C=O) groups is 1. The molecule has 5 nitrogen and oxygen atoms in total. The molecule has 1 amide bonds. The number of carbonyl (C=O) groups excluding carboxylic acids is 1. The summed E-state index contributed by atoms with van der Waals surface area (Å²) < 4.78 is 10.5. The molecule has 0 spiro atoms. The zero-order valence-corrected chi connectivity index (χ0v) is 12.8. The zero-order valence-electron chi connectivity index (χ0n) is 12.8. The molecular formula is C17H18N2O3. The fraction of sp³-hybridized carbons (Fsp3) is 0.176. The molecular weight excluding hydrogens is 280 g/mol. The van der Waals surface area contributed by atoms with Gasteiger partial charge in [-0.05, 0) is 30.7 Å². The van der Waals surface area contributed by atoms with Crippen LogP contribution in [0, 0.1) is 6.92 Å². The SMILES string of the molecule is COc1cccc(/C=N/NC(=O)c2ccccc2C)c1OC. The van der Waals surface area contributed by atoms with Gasteiger partial charge in [-0.15, -0.1) is 0 Å². The molecule has 0 aliphatic rings. The Balaban J connectivity index is 2.13. The zero-order chi connectivity index (χ0) is 15.9. The second-order valence-corrected chi connectivity index (χ2v) is 4.60. The lowest BCUT2D eigenvalue weighted by molar-refractivity contribution is 0.0954. The molecule has 0 saturated heterocycles. The van der Waals surface area contributed by atoms with Crippen LogP contribution in [0.4, 0.5) is 0 Å². The highest BCUT2D eigenvalue weighted by Gasteiger charge is 2.09. The Morgan fingerprint density at radius 2 is 1.86 bits per heavy atom. The minimum Gasteiger partial charge on any atom is -0.493 e. The van der Waals surface area contributed by atoms with Gasteiger partial charge in [-0.1, -0.05) is 24.3 Å². The number of aryl methyl sites for hydroxylation is 1. The third-order valence-electron chi connectivity index (χ3n) is 3.19. The summed E-state index contributed by atoms with van der Waals surface area (Å²) in [5.74, 6) is 0.923. The van der Waals surface area contributed by atoms with E-state index in [1.807, 2.05) is 37.3 Å². The summed E-state index contributed by atoms with van der Waals surface area (Å²) in [6.07, 6.45) is 1.53. The molecule has 0 unspecified atom stereocenters. The number of nitrogens with zero attached hydrogens (tertiary/aromatic N) is 1. The summed E-state index contributed by atoms with van der Waals surface area (Å²) in [4.78, 5) is 12.1. The maximum absolute atomic E-state index is 12.1. The van der Waals surface area contributed by atoms with Crippen LogP contribution in [0.5, 0.6) is 11.5 Å². The van der Waals surface area contributed by atoms with E-state index in [0.29, 0.717) is 22.6 Å². The molecule has 0 fully saturated rings. The first kappa shape index (κ1) is 15.6. The number of hydrogen-bond acceptors (Lipinski definition) is 4. The van der Waals surface area contributed by atoms with Gasteiger partial charge in [0.1, 0.15) is 0 Å². The van der Waals surface area contributed by atoms with Gasteiger partial charge in [0.2, 0.25) is 0 Å². The average Bonchev–Trinajstić information content (AvgIpc) is 2.54. The first-order valence-electron chi connectivity index (χ1n) is 6.77. The fourth-order valence-electron chi connectivity index (χ4n) is 2.06. The van der Waals surface area contributed by atoms with Crippen LogP contribution in [0.25, 0.3) is 0 Å². The Hall–Kier alpha value is -2.82. The van der Waals surface area contributed by atoms with E-state index in [1.165, 1.54) is 6.21 Å². The van der Waals surface area contributed by atoms with Gasteiger partial charge < -0.3 is 9.47 Å². The van der Waals surface area contributed by atoms with E-state index < -0.39 is 0 Å². The van der Waals surface area contributed by atoms with Crippen molar-refractivity contribution in [1.82, 2.24) is 5.43 Å². The number of rotatable bonds is 5. The van der Waals surface area contributed by atoms with E-state index >= 15 is 0 Å². The van der Waals surface area contributed by atoms with E-state index in [9.17, 15) is 4.79 Å². The number of ether oxygens (including phenoxy) is 2. The van der Waals surface area contributed by atoms with Crippen molar-refractivity contribution in [2.75, 3.05) is 14.2 Å². The van der Waals surface area contributed by atoms with Gasteiger partial charge >= 0.3 is 0 Å². The average molecular weight is 298 g/mol. The van der Waals surface area contributed by atoms with E-state index in [0.717, 1.165) is 5.56 Å². The lowest BCUT2D eigenvalue weighted by Crippen LogP contribution is -2.18. The van der Waals surface area contributed by atoms with Crippen molar-refractivity contribution in [2.24, 2.45) is 5.10 Å². The van der Waals surface area contributed by atoms with Gasteiger partial charge in [0.15, 0.2) is 11.5 Å². The molecule has 0 saturated carbocycles. The highest BCUT2D eigenvalue weighted by Crippen LogP contribution is 2.29. The molecule has 0 atom stereocenters. The molecule has 0 radical (unpaired) electrons. The van der Waals surface area contributed by atoms with Crippen LogP contribution in [-0.2, 0) is 0 Å². The highest BCUT2D eigenvalue weighted by atomic mass is 16.5. The Labute approximate surface area is 129 Å². The quantitative estimate of drug-likeness (QED) is 0.682. The molecule has 114 valence electrons. The van der Waals surface area contributed by atoms with Crippen LogP contribution in [0.1, 0.15) is 21.5 Å². The number of hydrogen-bond donors (Lipinski definition) is 1. The number of hydrazone groups is 1. The van der Waals surface area contributed by atoms with Crippen LogP contribution < -0.4 is 14.9 Å². The minimum absolute atomic E-state index is 0.254. The van der Waals surface area contributed by atoms with Crippen LogP contribution >= 0.6 is 0 Å². The molecule has 0 aliphatic carbocycles. The van der Waals surface area contributed by atoms with Crippen molar-refractivity contribution in [1.29, 1.82) is 0 Å². The molecule has 2 rings (SSSR count). The third-order valence-corrected chi connectivity index (χ3v) is 3.19. The molecule has 0 aromatic heterocycles. The van der Waals surface area contributed by atoms with Crippen molar-refractivity contribution in [3.8, 4) is 11.5 Å². The van der Waals surface area contributed by atoms with Gasteiger partial charge in [0.05, 0.1) is 20.4 Å². The first-order chi connectivity index (χ1) is 10.7. The van der Waals surface area contributed by atoms with Crippen molar-refractivity contribution in [3.63, 3.8) is 0 Å². The molecule has 2 aromatic carbocycles. The number of methoxy groups -OCH3 is 2. The molecule has 0 aliphatic heterocycles. The standard InChI is InChI=1S/C17H18N2O3/c1-12-7-4-5-9-14(12)17(20)19-18-11-13-8-6-10-15(21-2)16(13)22-3/h4-11H,1-3H3,(H,19,20)/b18-11+. The number of benzene rings is 2. The third kappa shape index (κ3) is 3.44. The summed E-state index contributed by atoms with van der Waals surface area (Å²) >= 11 is 0. The summed E-state index contributed by atoms with van der Waals surface area (Å²) in [6.45, 7) is 1.88. The van der Waals surface area contributed by atoms with Gasteiger partial charge in [-0.3, -0.25) is 4.79 Å². The summed E-state index contributed by atoms with van der Waals surface area (Å²) in [5, 5.41) is 3.98. The van der Waals surface area contributed by atoms with E-state index in [4.69, 9.17) is 9.47 Å². The molecule has 0 bridgehead atoms. The lowest BCUT2D eigenvalue weighted by atomic mass is 10.1. The molecule has 1 N–H and O–H groups in total. The van der Waals surface area contributed by atoms with E-state index in [2.05, 4.69) is 10.5 Å². The topological polar surface area (TPSA) is 59.9 Å².